The molecule has 8 aromatic carbocycles. The predicted molar refractivity (Wildman–Crippen MR) is 218 cm³/mol. The highest BCUT2D eigenvalue weighted by atomic mass is 32.1. The number of furan rings is 1. The molecule has 0 aliphatic rings. The van der Waals surface area contributed by atoms with E-state index in [2.05, 4.69) is 187 Å². The molecule has 0 amide bonds. The van der Waals surface area contributed by atoms with Crippen molar-refractivity contribution in [2.45, 2.75) is 0 Å². The van der Waals surface area contributed by atoms with Gasteiger partial charge in [-0.1, -0.05) is 146 Å². The summed E-state index contributed by atoms with van der Waals surface area (Å²) >= 11 is 1.89. The molecule has 0 saturated carbocycles. The van der Waals surface area contributed by atoms with E-state index in [0.29, 0.717) is 0 Å². The maximum absolute atomic E-state index is 6.45. The Hall–Kier alpha value is -6.42. The lowest BCUT2D eigenvalue weighted by Crippen LogP contribution is -1.91. The van der Waals surface area contributed by atoms with Crippen molar-refractivity contribution in [2.75, 3.05) is 5.32 Å². The van der Waals surface area contributed by atoms with E-state index in [1.54, 1.807) is 0 Å². The van der Waals surface area contributed by atoms with Crippen LogP contribution in [0.4, 0.5) is 11.4 Å². The van der Waals surface area contributed by atoms with Crippen LogP contribution < -0.4 is 5.32 Å². The minimum Gasteiger partial charge on any atom is -0.456 e. The van der Waals surface area contributed by atoms with Gasteiger partial charge in [-0.15, -0.1) is 11.3 Å². The van der Waals surface area contributed by atoms with Gasteiger partial charge in [-0.05, 0) is 80.9 Å². The van der Waals surface area contributed by atoms with Crippen LogP contribution in [-0.4, -0.2) is 0 Å². The minimum atomic E-state index is 0.865. The zero-order valence-electron chi connectivity index (χ0n) is 27.6. The van der Waals surface area contributed by atoms with E-state index >= 15 is 0 Å². The van der Waals surface area contributed by atoms with Crippen LogP contribution in [0.25, 0.3) is 86.6 Å². The van der Waals surface area contributed by atoms with Gasteiger partial charge < -0.3 is 9.73 Å². The lowest BCUT2D eigenvalue weighted by atomic mass is 9.95. The summed E-state index contributed by atoms with van der Waals surface area (Å²) in [5.74, 6) is 0. The third-order valence-corrected chi connectivity index (χ3v) is 11.2. The summed E-state index contributed by atoms with van der Waals surface area (Å²) in [6, 6.07) is 64.8. The van der Waals surface area contributed by atoms with Gasteiger partial charge in [-0.3, -0.25) is 0 Å². The van der Waals surface area contributed by atoms with Crippen LogP contribution in [0.5, 0.6) is 0 Å². The van der Waals surface area contributed by atoms with Crippen molar-refractivity contribution in [2.24, 2.45) is 0 Å². The lowest BCUT2D eigenvalue weighted by molar-refractivity contribution is 0.669. The molecule has 10 aromatic rings. The van der Waals surface area contributed by atoms with E-state index < -0.39 is 0 Å². The van der Waals surface area contributed by atoms with E-state index in [1.165, 1.54) is 53.6 Å². The maximum Gasteiger partial charge on any atom is 0.137 e. The van der Waals surface area contributed by atoms with Gasteiger partial charge in [0.25, 0.3) is 0 Å². The fourth-order valence-corrected chi connectivity index (χ4v) is 8.86. The van der Waals surface area contributed by atoms with Crippen molar-refractivity contribution in [3.05, 3.63) is 182 Å². The third-order valence-electron chi connectivity index (χ3n) is 9.89. The summed E-state index contributed by atoms with van der Waals surface area (Å²) in [6.07, 6.45) is 0. The van der Waals surface area contributed by atoms with Crippen LogP contribution in [0.3, 0.4) is 0 Å². The van der Waals surface area contributed by atoms with Gasteiger partial charge in [0.2, 0.25) is 0 Å². The van der Waals surface area contributed by atoms with E-state index in [9.17, 15) is 0 Å². The normalized spacial score (nSPS) is 11.5. The van der Waals surface area contributed by atoms with Crippen molar-refractivity contribution in [3.63, 3.8) is 0 Å². The predicted octanol–water partition coefficient (Wildman–Crippen LogP) is 14.4. The van der Waals surface area contributed by atoms with Crippen LogP contribution in [0.15, 0.2) is 186 Å². The molecule has 0 bridgehead atoms. The average molecular weight is 670 g/mol. The molecule has 0 fully saturated rings. The van der Waals surface area contributed by atoms with Crippen LogP contribution in [0.2, 0.25) is 0 Å². The second-order valence-electron chi connectivity index (χ2n) is 12.9. The molecule has 2 nitrogen and oxygen atoms in total. The van der Waals surface area contributed by atoms with E-state index in [4.69, 9.17) is 4.42 Å². The van der Waals surface area contributed by atoms with Gasteiger partial charge in [0.1, 0.15) is 11.2 Å². The number of anilines is 2. The Morgan fingerprint density at radius 3 is 1.61 bits per heavy atom. The highest BCUT2D eigenvalue weighted by Crippen LogP contribution is 2.45. The van der Waals surface area contributed by atoms with Crippen LogP contribution in [-0.2, 0) is 0 Å². The zero-order chi connectivity index (χ0) is 33.7. The highest BCUT2D eigenvalue weighted by molar-refractivity contribution is 7.26. The Morgan fingerprint density at radius 2 is 0.902 bits per heavy atom. The Bertz CT molecular complexity index is 2870. The van der Waals surface area contributed by atoms with E-state index in [-0.39, 0.29) is 0 Å². The summed E-state index contributed by atoms with van der Waals surface area (Å²) < 4.78 is 9.09. The van der Waals surface area contributed by atoms with Gasteiger partial charge in [0.05, 0.1) is 11.1 Å². The molecule has 2 heterocycles. The van der Waals surface area contributed by atoms with Crippen LogP contribution >= 0.6 is 11.3 Å². The topological polar surface area (TPSA) is 25.2 Å². The third kappa shape index (κ3) is 5.10. The molecule has 1 N–H and O–H groups in total. The van der Waals surface area contributed by atoms with Gasteiger partial charge >= 0.3 is 0 Å². The van der Waals surface area contributed by atoms with E-state index in [1.807, 2.05) is 11.3 Å². The van der Waals surface area contributed by atoms with Crippen molar-refractivity contribution in [1.29, 1.82) is 0 Å². The first-order valence-corrected chi connectivity index (χ1v) is 18.1. The Kier molecular flexibility index (Phi) is 7.04. The van der Waals surface area contributed by atoms with Gasteiger partial charge in [-0.25, -0.2) is 0 Å². The Morgan fingerprint density at radius 1 is 0.373 bits per heavy atom. The molecule has 0 atom stereocenters. The van der Waals surface area contributed by atoms with Gasteiger partial charge in [-0.2, -0.15) is 0 Å². The largest absolute Gasteiger partial charge is 0.456 e. The zero-order valence-corrected chi connectivity index (χ0v) is 28.5. The monoisotopic (exact) mass is 669 g/mol. The van der Waals surface area contributed by atoms with Crippen molar-refractivity contribution >= 4 is 64.8 Å². The second kappa shape index (κ2) is 12.2. The number of fused-ring (bicyclic) bond motifs is 6. The van der Waals surface area contributed by atoms with Gasteiger partial charge in [0.15, 0.2) is 0 Å². The van der Waals surface area contributed by atoms with Crippen LogP contribution in [0, 0.1) is 0 Å². The lowest BCUT2D eigenvalue weighted by Gasteiger charge is -2.11. The summed E-state index contributed by atoms with van der Waals surface area (Å²) in [6.45, 7) is 0. The SMILES string of the molecule is c1ccc(-c2cccc(-c3cccc4oc5cccc(Nc6ccc(-c7cccc8c7sc7c(-c9ccccc9)cccc78)cc6)c5c34)c2)cc1. The Labute approximate surface area is 299 Å². The molecule has 0 spiro atoms. The average Bonchev–Trinajstić information content (AvgIpc) is 3.78. The molecule has 0 unspecified atom stereocenters. The molecule has 0 saturated heterocycles. The maximum atomic E-state index is 6.45. The number of nitrogens with one attached hydrogen (secondary N) is 1. The van der Waals surface area contributed by atoms with E-state index in [0.717, 1.165) is 44.4 Å². The molecular formula is C48H31NOS. The standard InChI is InChI=1S/C48H31NOS/c1-3-12-31(13-4-1)34-16-7-17-35(30-34)37-18-10-24-43-45(37)46-42(23-11-25-44(46)50-43)49-36-28-26-33(27-29-36)39-20-9-22-41-40-21-8-19-38(47(40)51-48(39)41)32-14-5-2-6-15-32/h1-30,49H. The molecule has 0 radical (unpaired) electrons. The molecule has 51 heavy (non-hydrogen) atoms. The number of rotatable bonds is 6. The van der Waals surface area contributed by atoms with Gasteiger partial charge in [0, 0.05) is 31.2 Å². The summed E-state index contributed by atoms with van der Waals surface area (Å²) in [5, 5.41) is 8.56. The minimum absolute atomic E-state index is 0.865. The summed E-state index contributed by atoms with van der Waals surface area (Å²) in [7, 11) is 0. The quantitative estimate of drug-likeness (QED) is 0.191. The van der Waals surface area contributed by atoms with Crippen LogP contribution in [0.1, 0.15) is 0 Å². The number of hydrogen-bond donors (Lipinski definition) is 1. The molecule has 240 valence electrons. The molecule has 3 heteroatoms. The number of benzene rings is 8. The summed E-state index contributed by atoms with van der Waals surface area (Å²) in [4.78, 5) is 0. The smallest absolute Gasteiger partial charge is 0.137 e. The van der Waals surface area contributed by atoms with Crippen molar-refractivity contribution in [3.8, 4) is 44.5 Å². The second-order valence-corrected chi connectivity index (χ2v) is 14.0. The van der Waals surface area contributed by atoms with Crippen molar-refractivity contribution in [1.82, 2.24) is 0 Å². The molecule has 0 aliphatic heterocycles. The first-order valence-electron chi connectivity index (χ1n) is 17.3. The Balaban J connectivity index is 1.03. The fraction of sp³-hybridized carbons (Fsp3) is 0. The number of thiophene rings is 1. The molecule has 10 rings (SSSR count). The fourth-order valence-electron chi connectivity index (χ4n) is 7.49. The summed E-state index contributed by atoms with van der Waals surface area (Å²) in [5.41, 5.74) is 13.5. The first-order chi connectivity index (χ1) is 25.3. The van der Waals surface area contributed by atoms with Crippen molar-refractivity contribution < 1.29 is 4.42 Å². The molecule has 0 aliphatic carbocycles. The first kappa shape index (κ1) is 29.5. The molecule has 2 aromatic heterocycles. The molecular weight excluding hydrogens is 639 g/mol. The number of hydrogen-bond acceptors (Lipinski definition) is 3. The highest BCUT2D eigenvalue weighted by Gasteiger charge is 2.17.